The van der Waals surface area contributed by atoms with Gasteiger partial charge in [-0.25, -0.2) is 4.39 Å². The fraction of sp³-hybridized carbons (Fsp3) is 0.118. The van der Waals surface area contributed by atoms with Crippen LogP contribution in [-0.4, -0.2) is 17.6 Å². The predicted molar refractivity (Wildman–Crippen MR) is 81.3 cm³/mol. The average Bonchev–Trinajstić information content (AvgIpc) is 2.48. The van der Waals surface area contributed by atoms with Gasteiger partial charge in [0.15, 0.2) is 0 Å². The highest BCUT2D eigenvalue weighted by Gasteiger charge is 1.99. The first-order chi connectivity index (χ1) is 10.2. The van der Waals surface area contributed by atoms with Crippen molar-refractivity contribution in [3.63, 3.8) is 0 Å². The van der Waals surface area contributed by atoms with Crippen LogP contribution in [0.3, 0.4) is 0 Å². The van der Waals surface area contributed by atoms with E-state index in [0.29, 0.717) is 17.7 Å². The Morgan fingerprint density at radius 2 is 1.95 bits per heavy atom. The van der Waals surface area contributed by atoms with E-state index >= 15 is 0 Å². The summed E-state index contributed by atoms with van der Waals surface area (Å²) >= 11 is 0. The van der Waals surface area contributed by atoms with Crippen LogP contribution in [0, 0.1) is 5.82 Å². The van der Waals surface area contributed by atoms with Crippen molar-refractivity contribution in [3.8, 4) is 0 Å². The van der Waals surface area contributed by atoms with Gasteiger partial charge in [-0.05, 0) is 47.9 Å². The summed E-state index contributed by atoms with van der Waals surface area (Å²) in [6.45, 7) is 0.0993. The fourth-order valence-corrected chi connectivity index (χ4v) is 1.85. The Balaban J connectivity index is 1.95. The lowest BCUT2D eigenvalue weighted by Crippen LogP contribution is -2.07. The van der Waals surface area contributed by atoms with Gasteiger partial charge in [0.05, 0.1) is 0 Å². The summed E-state index contributed by atoms with van der Waals surface area (Å²) in [6.07, 6.45) is 3.50. The maximum Gasteiger partial charge on any atom is 0.248 e. The molecule has 2 aromatic rings. The van der Waals surface area contributed by atoms with Crippen LogP contribution in [0.25, 0.3) is 6.08 Å². The first-order valence-electron chi connectivity index (χ1n) is 6.62. The van der Waals surface area contributed by atoms with Crippen LogP contribution in [0.15, 0.2) is 54.6 Å². The molecular weight excluding hydrogens is 269 g/mol. The van der Waals surface area contributed by atoms with E-state index in [9.17, 15) is 9.18 Å². The third kappa shape index (κ3) is 4.85. The number of halogens is 1. The molecule has 2 rings (SSSR count). The molecule has 0 aliphatic heterocycles. The molecule has 0 atom stereocenters. The lowest BCUT2D eigenvalue weighted by Gasteiger charge is -2.03. The zero-order valence-corrected chi connectivity index (χ0v) is 11.4. The van der Waals surface area contributed by atoms with E-state index in [-0.39, 0.29) is 18.3 Å². The highest BCUT2D eigenvalue weighted by atomic mass is 19.1. The van der Waals surface area contributed by atoms with E-state index in [2.05, 4.69) is 5.32 Å². The number of hydrogen-bond donors (Lipinski definition) is 2. The molecule has 0 heterocycles. The fourth-order valence-electron chi connectivity index (χ4n) is 1.85. The number of benzene rings is 2. The molecule has 0 spiro atoms. The number of aliphatic hydroxyl groups excluding tert-OH is 1. The van der Waals surface area contributed by atoms with Gasteiger partial charge in [0.1, 0.15) is 5.82 Å². The Hall–Kier alpha value is -2.46. The first kappa shape index (κ1) is 14.9. The third-order valence-corrected chi connectivity index (χ3v) is 2.90. The quantitative estimate of drug-likeness (QED) is 0.830. The molecular formula is C17H16FNO2. The van der Waals surface area contributed by atoms with Gasteiger partial charge < -0.3 is 10.4 Å². The Bertz CT molecular complexity index is 635. The lowest BCUT2D eigenvalue weighted by molar-refractivity contribution is -0.111. The monoisotopic (exact) mass is 285 g/mol. The second-order valence-electron chi connectivity index (χ2n) is 4.55. The van der Waals surface area contributed by atoms with Crippen molar-refractivity contribution in [1.29, 1.82) is 0 Å². The molecule has 0 bridgehead atoms. The average molecular weight is 285 g/mol. The Morgan fingerprint density at radius 1 is 1.19 bits per heavy atom. The number of carbonyl (C=O) groups is 1. The highest BCUT2D eigenvalue weighted by Crippen LogP contribution is 2.10. The molecule has 2 aromatic carbocycles. The number of carbonyl (C=O) groups excluding carboxylic acids is 1. The van der Waals surface area contributed by atoms with Gasteiger partial charge in [-0.3, -0.25) is 4.79 Å². The predicted octanol–water partition coefficient (Wildman–Crippen LogP) is 3.01. The van der Waals surface area contributed by atoms with Crippen molar-refractivity contribution < 1.29 is 14.3 Å². The number of amides is 1. The van der Waals surface area contributed by atoms with Crippen LogP contribution in [0.4, 0.5) is 10.1 Å². The molecule has 0 aliphatic rings. The number of aliphatic hydroxyl groups is 1. The molecule has 1 amide bonds. The number of hydrogen-bond acceptors (Lipinski definition) is 2. The Kier molecular flexibility index (Phi) is 5.23. The molecule has 0 radical (unpaired) electrons. The van der Waals surface area contributed by atoms with E-state index < -0.39 is 0 Å². The smallest absolute Gasteiger partial charge is 0.248 e. The van der Waals surface area contributed by atoms with Crippen LogP contribution >= 0.6 is 0 Å². The maximum atomic E-state index is 13.0. The standard InChI is InChI=1S/C17H16FNO2/c18-15-3-1-2-14(12-15)6-9-17(21)19-16-7-4-13(5-8-16)10-11-20/h1-9,12,20H,10-11H2,(H,19,21)/b9-6+. The largest absolute Gasteiger partial charge is 0.396 e. The molecule has 0 aliphatic carbocycles. The number of nitrogens with one attached hydrogen (secondary N) is 1. The third-order valence-electron chi connectivity index (χ3n) is 2.90. The van der Waals surface area contributed by atoms with Crippen molar-refractivity contribution in [1.82, 2.24) is 0 Å². The van der Waals surface area contributed by atoms with E-state index in [1.54, 1.807) is 30.3 Å². The normalized spacial score (nSPS) is 10.8. The molecule has 21 heavy (non-hydrogen) atoms. The van der Waals surface area contributed by atoms with Crippen LogP contribution in [-0.2, 0) is 11.2 Å². The molecule has 3 nitrogen and oxygen atoms in total. The second-order valence-corrected chi connectivity index (χ2v) is 4.55. The summed E-state index contributed by atoms with van der Waals surface area (Å²) in [5.74, 6) is -0.619. The van der Waals surface area contributed by atoms with E-state index in [0.717, 1.165) is 5.56 Å². The summed E-state index contributed by atoms with van der Waals surface area (Å²) in [5.41, 5.74) is 2.31. The van der Waals surface area contributed by atoms with Crippen molar-refractivity contribution in [3.05, 3.63) is 71.6 Å². The molecule has 0 unspecified atom stereocenters. The zero-order chi connectivity index (χ0) is 15.1. The van der Waals surface area contributed by atoms with Crippen molar-refractivity contribution >= 4 is 17.7 Å². The van der Waals surface area contributed by atoms with Crippen LogP contribution in [0.2, 0.25) is 0 Å². The first-order valence-corrected chi connectivity index (χ1v) is 6.62. The van der Waals surface area contributed by atoms with E-state index in [4.69, 9.17) is 5.11 Å². The second kappa shape index (κ2) is 7.36. The lowest BCUT2D eigenvalue weighted by atomic mass is 10.1. The number of anilines is 1. The topological polar surface area (TPSA) is 49.3 Å². The minimum absolute atomic E-state index is 0.0993. The summed E-state index contributed by atoms with van der Waals surface area (Å²) in [4.78, 5) is 11.7. The Morgan fingerprint density at radius 3 is 2.62 bits per heavy atom. The van der Waals surface area contributed by atoms with Crippen LogP contribution in [0.5, 0.6) is 0 Å². The summed E-state index contributed by atoms with van der Waals surface area (Å²) in [7, 11) is 0. The van der Waals surface area contributed by atoms with Crippen molar-refractivity contribution in [2.24, 2.45) is 0 Å². The molecule has 0 fully saturated rings. The van der Waals surface area contributed by atoms with Crippen molar-refractivity contribution in [2.75, 3.05) is 11.9 Å². The van der Waals surface area contributed by atoms with Gasteiger partial charge in [-0.15, -0.1) is 0 Å². The van der Waals surface area contributed by atoms with E-state index in [1.807, 2.05) is 12.1 Å². The summed E-state index contributed by atoms with van der Waals surface area (Å²) in [5, 5.41) is 11.5. The number of rotatable bonds is 5. The van der Waals surface area contributed by atoms with E-state index in [1.165, 1.54) is 18.2 Å². The molecule has 2 N–H and O–H groups in total. The zero-order valence-electron chi connectivity index (χ0n) is 11.4. The SMILES string of the molecule is O=C(/C=C/c1cccc(F)c1)Nc1ccc(CCO)cc1. The molecule has 0 aromatic heterocycles. The van der Waals surface area contributed by atoms with Crippen molar-refractivity contribution in [2.45, 2.75) is 6.42 Å². The molecule has 4 heteroatoms. The van der Waals surface area contributed by atoms with Gasteiger partial charge in [-0.2, -0.15) is 0 Å². The van der Waals surface area contributed by atoms with Gasteiger partial charge in [0, 0.05) is 18.4 Å². The minimum atomic E-state index is -0.336. The minimum Gasteiger partial charge on any atom is -0.396 e. The van der Waals surface area contributed by atoms with Crippen LogP contribution in [0.1, 0.15) is 11.1 Å². The summed E-state index contributed by atoms with van der Waals surface area (Å²) in [6, 6.07) is 13.3. The molecule has 108 valence electrons. The van der Waals surface area contributed by atoms with Gasteiger partial charge in [0.2, 0.25) is 5.91 Å². The Labute approximate surface area is 122 Å². The maximum absolute atomic E-state index is 13.0. The highest BCUT2D eigenvalue weighted by molar-refractivity contribution is 6.01. The molecule has 0 saturated heterocycles. The molecule has 0 saturated carbocycles. The summed E-state index contributed by atoms with van der Waals surface area (Å²) < 4.78 is 13.0. The van der Waals surface area contributed by atoms with Gasteiger partial charge in [0.25, 0.3) is 0 Å². The van der Waals surface area contributed by atoms with Gasteiger partial charge >= 0.3 is 0 Å². The van der Waals surface area contributed by atoms with Crippen LogP contribution < -0.4 is 5.32 Å². The van der Waals surface area contributed by atoms with Gasteiger partial charge in [-0.1, -0.05) is 24.3 Å².